The number of allylic oxidation sites excluding steroid dienone is 1. The summed E-state index contributed by atoms with van der Waals surface area (Å²) in [4.78, 5) is 4.52. The lowest BCUT2D eigenvalue weighted by molar-refractivity contribution is -0.137. The van der Waals surface area contributed by atoms with Gasteiger partial charge in [-0.3, -0.25) is 4.68 Å². The van der Waals surface area contributed by atoms with Crippen LogP contribution in [0.3, 0.4) is 0 Å². The highest BCUT2D eigenvalue weighted by atomic mass is 32.1. The van der Waals surface area contributed by atoms with Crippen molar-refractivity contribution in [3.8, 4) is 0 Å². The maximum Gasteiger partial charge on any atom is 0.416 e. The molecule has 0 unspecified atom stereocenters. The van der Waals surface area contributed by atoms with Crippen LogP contribution in [-0.4, -0.2) is 14.8 Å². The van der Waals surface area contributed by atoms with Gasteiger partial charge in [-0.05, 0) is 36.7 Å². The zero-order chi connectivity index (χ0) is 19.3. The van der Waals surface area contributed by atoms with Gasteiger partial charge in [0.05, 0.1) is 29.7 Å². The van der Waals surface area contributed by atoms with Crippen molar-refractivity contribution in [3.05, 3.63) is 76.1 Å². The van der Waals surface area contributed by atoms with Gasteiger partial charge in [-0.2, -0.15) is 18.3 Å². The van der Waals surface area contributed by atoms with E-state index >= 15 is 0 Å². The molecule has 2 heterocycles. The highest BCUT2D eigenvalue weighted by molar-refractivity contribution is 7.09. The highest BCUT2D eigenvalue weighted by Gasteiger charge is 2.29. The number of thiazole rings is 1. The summed E-state index contributed by atoms with van der Waals surface area (Å²) in [7, 11) is 0. The summed E-state index contributed by atoms with van der Waals surface area (Å²) in [6.07, 6.45) is 4.38. The van der Waals surface area contributed by atoms with Gasteiger partial charge in [0, 0.05) is 11.6 Å². The van der Waals surface area contributed by atoms with Crippen LogP contribution in [0.5, 0.6) is 0 Å². The molecule has 0 spiro atoms. The van der Waals surface area contributed by atoms with E-state index in [4.69, 9.17) is 0 Å². The lowest BCUT2D eigenvalue weighted by atomic mass is 10.1. The fourth-order valence-corrected chi connectivity index (χ4v) is 3.30. The van der Waals surface area contributed by atoms with Crippen molar-refractivity contribution in [2.75, 3.05) is 5.32 Å². The molecule has 0 bridgehead atoms. The molecule has 0 aliphatic heterocycles. The lowest BCUT2D eigenvalue weighted by Crippen LogP contribution is -2.04. The molecule has 3 aromatic rings. The van der Waals surface area contributed by atoms with Gasteiger partial charge in [0.25, 0.3) is 0 Å². The fourth-order valence-electron chi connectivity index (χ4n) is 2.43. The molecular formula is C19H19F3N4S. The van der Waals surface area contributed by atoms with Gasteiger partial charge in [-0.15, -0.1) is 11.3 Å². The Labute approximate surface area is 159 Å². The van der Waals surface area contributed by atoms with Gasteiger partial charge < -0.3 is 5.32 Å². The topological polar surface area (TPSA) is 42.7 Å². The van der Waals surface area contributed by atoms with Gasteiger partial charge in [0.15, 0.2) is 0 Å². The molecule has 1 aromatic carbocycles. The van der Waals surface area contributed by atoms with E-state index in [-0.39, 0.29) is 0 Å². The Balaban J connectivity index is 1.49. The van der Waals surface area contributed by atoms with Gasteiger partial charge >= 0.3 is 6.18 Å². The zero-order valence-corrected chi connectivity index (χ0v) is 15.5. The van der Waals surface area contributed by atoms with Crippen molar-refractivity contribution in [2.45, 2.75) is 32.5 Å². The number of benzene rings is 1. The Hall–Kier alpha value is -2.61. The maximum atomic E-state index is 12.5. The van der Waals surface area contributed by atoms with Crippen molar-refractivity contribution in [3.63, 3.8) is 0 Å². The number of anilines is 1. The van der Waals surface area contributed by atoms with E-state index in [2.05, 4.69) is 27.7 Å². The van der Waals surface area contributed by atoms with E-state index in [0.29, 0.717) is 13.0 Å². The summed E-state index contributed by atoms with van der Waals surface area (Å²) < 4.78 is 39.4. The number of aryl methyl sites for hydroxylation is 1. The van der Waals surface area contributed by atoms with Crippen molar-refractivity contribution in [1.82, 2.24) is 14.8 Å². The predicted octanol–water partition coefficient (Wildman–Crippen LogP) is 5.14. The minimum atomic E-state index is -4.30. The van der Waals surface area contributed by atoms with E-state index in [9.17, 15) is 13.2 Å². The molecule has 1 N–H and O–H groups in total. The van der Waals surface area contributed by atoms with Crippen LogP contribution >= 0.6 is 11.3 Å². The molecule has 0 saturated carbocycles. The third-order valence-electron chi connectivity index (χ3n) is 3.89. The highest BCUT2D eigenvalue weighted by Crippen LogP contribution is 2.29. The Morgan fingerprint density at radius 1 is 1.22 bits per heavy atom. The van der Waals surface area contributed by atoms with E-state index in [1.54, 1.807) is 23.7 Å². The Kier molecular flexibility index (Phi) is 5.95. The number of nitrogens with zero attached hydrogens (tertiary/aromatic N) is 3. The van der Waals surface area contributed by atoms with Crippen LogP contribution in [0.2, 0.25) is 0 Å². The van der Waals surface area contributed by atoms with Gasteiger partial charge in [-0.25, -0.2) is 4.98 Å². The summed E-state index contributed by atoms with van der Waals surface area (Å²) in [5.41, 5.74) is 2.11. The van der Waals surface area contributed by atoms with E-state index in [0.717, 1.165) is 40.5 Å². The van der Waals surface area contributed by atoms with Crippen LogP contribution in [-0.2, 0) is 25.6 Å². The van der Waals surface area contributed by atoms with Crippen LogP contribution in [0.1, 0.15) is 28.8 Å². The SMILES string of the molecule is CCc1csc(Cn2cc(N/C=C/Cc3ccc(C(F)(F)F)cc3)cn2)n1. The molecule has 0 atom stereocenters. The average molecular weight is 392 g/mol. The van der Waals surface area contributed by atoms with Gasteiger partial charge in [-0.1, -0.05) is 25.1 Å². The molecule has 3 rings (SSSR count). The first kappa shape index (κ1) is 19.2. The number of hydrogen-bond donors (Lipinski definition) is 1. The van der Waals surface area contributed by atoms with Crippen LogP contribution in [0, 0.1) is 0 Å². The van der Waals surface area contributed by atoms with Gasteiger partial charge in [0.1, 0.15) is 5.01 Å². The molecule has 8 heteroatoms. The molecule has 0 aliphatic carbocycles. The number of aromatic nitrogens is 3. The first-order valence-electron chi connectivity index (χ1n) is 8.47. The van der Waals surface area contributed by atoms with E-state index in [1.165, 1.54) is 12.1 Å². The Bertz CT molecular complexity index is 894. The largest absolute Gasteiger partial charge is 0.416 e. The minimum absolute atomic E-state index is 0.540. The third kappa shape index (κ3) is 5.43. The lowest BCUT2D eigenvalue weighted by Gasteiger charge is -2.06. The number of rotatable bonds is 7. The minimum Gasteiger partial charge on any atom is -0.359 e. The molecule has 142 valence electrons. The molecule has 27 heavy (non-hydrogen) atoms. The summed E-state index contributed by atoms with van der Waals surface area (Å²) in [5.74, 6) is 0. The van der Waals surface area contributed by atoms with Crippen molar-refractivity contribution in [2.24, 2.45) is 0 Å². The monoisotopic (exact) mass is 392 g/mol. The van der Waals surface area contributed by atoms with Crippen LogP contribution in [0.4, 0.5) is 18.9 Å². The van der Waals surface area contributed by atoms with Crippen molar-refractivity contribution >= 4 is 17.0 Å². The van der Waals surface area contributed by atoms with Crippen molar-refractivity contribution in [1.29, 1.82) is 0 Å². The average Bonchev–Trinajstić information content (AvgIpc) is 3.28. The van der Waals surface area contributed by atoms with E-state index < -0.39 is 11.7 Å². The second-order valence-electron chi connectivity index (χ2n) is 5.96. The second kappa shape index (κ2) is 8.39. The fraction of sp³-hybridized carbons (Fsp3) is 0.263. The summed E-state index contributed by atoms with van der Waals surface area (Å²) in [5, 5.41) is 10.5. The normalized spacial score (nSPS) is 12.0. The predicted molar refractivity (Wildman–Crippen MR) is 101 cm³/mol. The third-order valence-corrected chi connectivity index (χ3v) is 4.78. The van der Waals surface area contributed by atoms with Crippen molar-refractivity contribution < 1.29 is 13.2 Å². The quantitative estimate of drug-likeness (QED) is 0.606. The summed E-state index contributed by atoms with van der Waals surface area (Å²) >= 11 is 1.62. The number of nitrogens with one attached hydrogen (secondary N) is 1. The Morgan fingerprint density at radius 3 is 2.67 bits per heavy atom. The van der Waals surface area contributed by atoms with Crippen LogP contribution in [0.15, 0.2) is 54.3 Å². The number of hydrogen-bond acceptors (Lipinski definition) is 4. The summed E-state index contributed by atoms with van der Waals surface area (Å²) in [6, 6.07) is 5.18. The smallest absolute Gasteiger partial charge is 0.359 e. The zero-order valence-electron chi connectivity index (χ0n) is 14.7. The molecule has 2 aromatic heterocycles. The molecule has 0 radical (unpaired) electrons. The molecular weight excluding hydrogens is 373 g/mol. The van der Waals surface area contributed by atoms with E-state index in [1.807, 2.05) is 17.0 Å². The molecule has 0 aliphatic rings. The molecule has 0 amide bonds. The first-order valence-corrected chi connectivity index (χ1v) is 9.35. The number of alkyl halides is 3. The molecule has 4 nitrogen and oxygen atoms in total. The van der Waals surface area contributed by atoms with Crippen LogP contribution in [0.25, 0.3) is 0 Å². The first-order chi connectivity index (χ1) is 12.9. The Morgan fingerprint density at radius 2 is 2.00 bits per heavy atom. The maximum absolute atomic E-state index is 12.5. The standard InChI is InChI=1S/C19H19F3N4S/c1-2-16-13-27-18(25-16)12-26-11-17(10-24-26)23-9-3-4-14-5-7-15(8-6-14)19(20,21)22/h3,5-11,13,23H,2,4,12H2,1H3/b9-3+. The molecule has 0 fully saturated rings. The van der Waals surface area contributed by atoms with Gasteiger partial charge in [0.2, 0.25) is 0 Å². The second-order valence-corrected chi connectivity index (χ2v) is 6.90. The van der Waals surface area contributed by atoms with Crippen LogP contribution < -0.4 is 5.32 Å². The number of halogens is 3. The summed E-state index contributed by atoms with van der Waals surface area (Å²) in [6.45, 7) is 2.70. The molecule has 0 saturated heterocycles.